The van der Waals surface area contributed by atoms with E-state index in [9.17, 15) is 4.79 Å². The highest BCUT2D eigenvalue weighted by Gasteiger charge is 2.25. The standard InChI is InChI=1S/C21H17BrN4O.ClH/c22-18-5-6-20-17(9-18)7-8-25(21(20)27)13-19-11-24-14-26(19)12-16-3-1-15(10-23)2-4-16;/h1-6,9,11,14H,7-8,12-13H2;1H. The van der Waals surface area contributed by atoms with E-state index >= 15 is 0 Å². The molecule has 142 valence electrons. The highest BCUT2D eigenvalue weighted by Crippen LogP contribution is 2.24. The molecular weight excluding hydrogens is 440 g/mol. The third-order valence-electron chi connectivity index (χ3n) is 4.82. The van der Waals surface area contributed by atoms with Crippen molar-refractivity contribution in [3.63, 3.8) is 0 Å². The third kappa shape index (κ3) is 4.11. The summed E-state index contributed by atoms with van der Waals surface area (Å²) in [6.45, 7) is 1.89. The number of carbonyl (C=O) groups excluding carboxylic acids is 1. The predicted octanol–water partition coefficient (Wildman–Crippen LogP) is 4.19. The van der Waals surface area contributed by atoms with Gasteiger partial charge in [0.1, 0.15) is 0 Å². The van der Waals surface area contributed by atoms with E-state index in [0.717, 1.165) is 33.3 Å². The minimum Gasteiger partial charge on any atom is -0.332 e. The third-order valence-corrected chi connectivity index (χ3v) is 5.32. The quantitative estimate of drug-likeness (QED) is 0.590. The summed E-state index contributed by atoms with van der Waals surface area (Å²) in [7, 11) is 0. The first-order valence-electron chi connectivity index (χ1n) is 8.70. The van der Waals surface area contributed by atoms with E-state index in [4.69, 9.17) is 5.26 Å². The van der Waals surface area contributed by atoms with Gasteiger partial charge in [0, 0.05) is 29.3 Å². The molecule has 0 aliphatic carbocycles. The van der Waals surface area contributed by atoms with Gasteiger partial charge in [-0.15, -0.1) is 12.4 Å². The Labute approximate surface area is 178 Å². The van der Waals surface area contributed by atoms with Crippen molar-refractivity contribution in [3.8, 4) is 6.07 Å². The molecule has 1 aliphatic heterocycles. The Morgan fingerprint density at radius 3 is 2.68 bits per heavy atom. The summed E-state index contributed by atoms with van der Waals surface area (Å²) in [6, 6.07) is 15.5. The lowest BCUT2D eigenvalue weighted by molar-refractivity contribution is 0.0723. The van der Waals surface area contributed by atoms with Gasteiger partial charge in [0.25, 0.3) is 5.91 Å². The van der Waals surface area contributed by atoms with Crippen LogP contribution in [0.2, 0.25) is 0 Å². The monoisotopic (exact) mass is 456 g/mol. The van der Waals surface area contributed by atoms with Gasteiger partial charge in [0.2, 0.25) is 0 Å². The number of amides is 1. The van der Waals surface area contributed by atoms with E-state index in [1.165, 1.54) is 0 Å². The number of fused-ring (bicyclic) bond motifs is 1. The van der Waals surface area contributed by atoms with E-state index in [0.29, 0.717) is 25.2 Å². The van der Waals surface area contributed by atoms with Crippen molar-refractivity contribution in [1.82, 2.24) is 14.5 Å². The minimum absolute atomic E-state index is 0. The zero-order valence-corrected chi connectivity index (χ0v) is 17.4. The van der Waals surface area contributed by atoms with Crippen LogP contribution in [-0.4, -0.2) is 26.9 Å². The molecule has 0 unspecified atom stereocenters. The van der Waals surface area contributed by atoms with Gasteiger partial charge < -0.3 is 9.47 Å². The SMILES string of the molecule is Cl.N#Cc1ccc(Cn2cncc2CN2CCc3cc(Br)ccc3C2=O)cc1. The highest BCUT2D eigenvalue weighted by atomic mass is 79.9. The summed E-state index contributed by atoms with van der Waals surface area (Å²) in [5.41, 5.74) is 4.61. The molecule has 28 heavy (non-hydrogen) atoms. The Balaban J connectivity index is 0.00000225. The second kappa shape index (κ2) is 8.59. The van der Waals surface area contributed by atoms with Gasteiger partial charge in [0.05, 0.1) is 30.2 Å². The summed E-state index contributed by atoms with van der Waals surface area (Å²) < 4.78 is 3.05. The van der Waals surface area contributed by atoms with E-state index in [2.05, 4.69) is 27.0 Å². The van der Waals surface area contributed by atoms with E-state index in [-0.39, 0.29) is 18.3 Å². The fourth-order valence-corrected chi connectivity index (χ4v) is 3.76. The van der Waals surface area contributed by atoms with E-state index in [1.807, 2.05) is 58.1 Å². The lowest BCUT2D eigenvalue weighted by atomic mass is 9.99. The summed E-state index contributed by atoms with van der Waals surface area (Å²) in [6.07, 6.45) is 4.45. The topological polar surface area (TPSA) is 61.9 Å². The largest absolute Gasteiger partial charge is 0.332 e. The van der Waals surface area contributed by atoms with Gasteiger partial charge in [0.15, 0.2) is 0 Å². The van der Waals surface area contributed by atoms with Crippen LogP contribution in [0.15, 0.2) is 59.5 Å². The minimum atomic E-state index is 0. The van der Waals surface area contributed by atoms with E-state index < -0.39 is 0 Å². The van der Waals surface area contributed by atoms with Gasteiger partial charge in [-0.05, 0) is 47.9 Å². The van der Waals surface area contributed by atoms with Crippen molar-refractivity contribution in [2.45, 2.75) is 19.5 Å². The maximum atomic E-state index is 12.8. The number of nitriles is 1. The number of benzene rings is 2. The zero-order chi connectivity index (χ0) is 18.8. The van der Waals surface area contributed by atoms with Crippen molar-refractivity contribution < 1.29 is 4.79 Å². The smallest absolute Gasteiger partial charge is 0.254 e. The van der Waals surface area contributed by atoms with Crippen LogP contribution in [-0.2, 0) is 19.5 Å². The zero-order valence-electron chi connectivity index (χ0n) is 15.0. The van der Waals surface area contributed by atoms with Gasteiger partial charge >= 0.3 is 0 Å². The van der Waals surface area contributed by atoms with Gasteiger partial charge in [-0.2, -0.15) is 5.26 Å². The molecule has 0 saturated heterocycles. The van der Waals surface area contributed by atoms with Crippen LogP contribution in [0.4, 0.5) is 0 Å². The summed E-state index contributed by atoms with van der Waals surface area (Å²) in [5, 5.41) is 8.92. The van der Waals surface area contributed by atoms with Crippen molar-refractivity contribution in [2.75, 3.05) is 6.54 Å². The first kappa shape index (κ1) is 20.1. The maximum absolute atomic E-state index is 12.8. The molecule has 2 aromatic carbocycles. The Bertz CT molecular complexity index is 1040. The predicted molar refractivity (Wildman–Crippen MR) is 112 cm³/mol. The molecule has 0 spiro atoms. The molecular formula is C21H18BrClN4O. The fourth-order valence-electron chi connectivity index (χ4n) is 3.36. The molecule has 3 aromatic rings. The second-order valence-electron chi connectivity index (χ2n) is 6.60. The Morgan fingerprint density at radius 2 is 1.93 bits per heavy atom. The lowest BCUT2D eigenvalue weighted by Crippen LogP contribution is -2.37. The Kier molecular flexibility index (Phi) is 6.18. The number of hydrogen-bond donors (Lipinski definition) is 0. The van der Waals surface area contributed by atoms with Crippen LogP contribution in [0, 0.1) is 11.3 Å². The number of hydrogen-bond acceptors (Lipinski definition) is 3. The maximum Gasteiger partial charge on any atom is 0.254 e. The van der Waals surface area contributed by atoms with Crippen LogP contribution in [0.3, 0.4) is 0 Å². The molecule has 7 heteroatoms. The number of nitrogens with zero attached hydrogens (tertiary/aromatic N) is 4. The van der Waals surface area contributed by atoms with Crippen molar-refractivity contribution in [2.24, 2.45) is 0 Å². The average Bonchev–Trinajstić information content (AvgIpc) is 3.11. The molecule has 5 nitrogen and oxygen atoms in total. The van der Waals surface area contributed by atoms with Crippen molar-refractivity contribution in [3.05, 3.63) is 87.4 Å². The van der Waals surface area contributed by atoms with Crippen LogP contribution in [0.1, 0.15) is 32.7 Å². The molecule has 2 heterocycles. The lowest BCUT2D eigenvalue weighted by Gasteiger charge is -2.29. The number of carbonyl (C=O) groups is 1. The number of imidazole rings is 1. The van der Waals surface area contributed by atoms with Crippen molar-refractivity contribution >= 4 is 34.2 Å². The van der Waals surface area contributed by atoms with Crippen LogP contribution in [0.25, 0.3) is 0 Å². The molecule has 1 amide bonds. The number of halogens is 2. The molecule has 0 bridgehead atoms. The normalized spacial score (nSPS) is 12.9. The van der Waals surface area contributed by atoms with Crippen LogP contribution in [0.5, 0.6) is 0 Å². The summed E-state index contributed by atoms with van der Waals surface area (Å²) >= 11 is 3.47. The molecule has 1 aliphatic rings. The molecule has 0 fully saturated rings. The van der Waals surface area contributed by atoms with Gasteiger partial charge in [-0.1, -0.05) is 28.1 Å². The summed E-state index contributed by atoms with van der Waals surface area (Å²) in [5.74, 6) is 0.0647. The molecule has 0 saturated carbocycles. The Morgan fingerprint density at radius 1 is 1.14 bits per heavy atom. The summed E-state index contributed by atoms with van der Waals surface area (Å²) in [4.78, 5) is 19.0. The Hall–Kier alpha value is -2.62. The van der Waals surface area contributed by atoms with E-state index in [1.54, 1.807) is 6.33 Å². The molecule has 0 radical (unpaired) electrons. The van der Waals surface area contributed by atoms with Crippen LogP contribution < -0.4 is 0 Å². The number of rotatable bonds is 4. The molecule has 1 aromatic heterocycles. The van der Waals surface area contributed by atoms with Crippen LogP contribution >= 0.6 is 28.3 Å². The fraction of sp³-hybridized carbons (Fsp3) is 0.190. The van der Waals surface area contributed by atoms with Crippen molar-refractivity contribution in [1.29, 1.82) is 5.26 Å². The first-order chi connectivity index (χ1) is 13.1. The first-order valence-corrected chi connectivity index (χ1v) is 9.49. The second-order valence-corrected chi connectivity index (χ2v) is 7.52. The van der Waals surface area contributed by atoms with Gasteiger partial charge in [-0.25, -0.2) is 4.98 Å². The molecule has 4 rings (SSSR count). The molecule has 0 atom stereocenters. The number of aromatic nitrogens is 2. The molecule has 0 N–H and O–H groups in total. The highest BCUT2D eigenvalue weighted by molar-refractivity contribution is 9.10. The average molecular weight is 458 g/mol. The van der Waals surface area contributed by atoms with Gasteiger partial charge in [-0.3, -0.25) is 4.79 Å².